The monoisotopic (exact) mass is 307 g/mol. The molecule has 0 atom stereocenters. The van der Waals surface area contributed by atoms with Gasteiger partial charge in [-0.25, -0.2) is 9.78 Å². The van der Waals surface area contributed by atoms with Crippen LogP contribution in [-0.2, 0) is 6.18 Å². The molecule has 112 valence electrons. The average Bonchev–Trinajstić information content (AvgIpc) is 2.72. The first-order chi connectivity index (χ1) is 9.39. The van der Waals surface area contributed by atoms with Gasteiger partial charge in [-0.1, -0.05) is 32.1 Å². The lowest BCUT2D eigenvalue weighted by atomic mass is 9.92. The van der Waals surface area contributed by atoms with Gasteiger partial charge >= 0.3 is 12.1 Å². The number of carbonyl (C=O) groups is 1. The van der Waals surface area contributed by atoms with Gasteiger partial charge in [0.1, 0.15) is 4.88 Å². The Morgan fingerprint density at radius 3 is 2.15 bits per heavy atom. The molecule has 2 rings (SSSR count). The number of hydrogen-bond acceptors (Lipinski definition) is 3. The highest BCUT2D eigenvalue weighted by molar-refractivity contribution is 7.13. The summed E-state index contributed by atoms with van der Waals surface area (Å²) in [5, 5.41) is 9.24. The summed E-state index contributed by atoms with van der Waals surface area (Å²) in [6, 6.07) is 0. The Hall–Kier alpha value is -1.11. The average molecular weight is 307 g/mol. The van der Waals surface area contributed by atoms with Gasteiger partial charge in [0.25, 0.3) is 0 Å². The molecule has 0 radical (unpaired) electrons. The van der Waals surface area contributed by atoms with Crippen LogP contribution in [0.3, 0.4) is 0 Å². The highest BCUT2D eigenvalue weighted by Crippen LogP contribution is 2.39. The molecule has 0 saturated heterocycles. The van der Waals surface area contributed by atoms with Crippen molar-refractivity contribution in [3.05, 3.63) is 15.6 Å². The van der Waals surface area contributed by atoms with Gasteiger partial charge in [-0.15, -0.1) is 11.3 Å². The second kappa shape index (κ2) is 6.11. The van der Waals surface area contributed by atoms with Gasteiger partial charge < -0.3 is 5.11 Å². The third-order valence-electron chi connectivity index (χ3n) is 3.56. The largest absolute Gasteiger partial charge is 0.477 e. The number of alkyl halides is 3. The number of aromatic nitrogens is 1. The maximum atomic E-state index is 12.8. The number of halogens is 3. The van der Waals surface area contributed by atoms with E-state index in [1.54, 1.807) is 0 Å². The molecule has 0 aromatic carbocycles. The first kappa shape index (κ1) is 15.3. The molecule has 0 bridgehead atoms. The van der Waals surface area contributed by atoms with Crippen molar-refractivity contribution in [2.75, 3.05) is 0 Å². The van der Waals surface area contributed by atoms with Crippen LogP contribution in [0.4, 0.5) is 13.2 Å². The van der Waals surface area contributed by atoms with Crippen LogP contribution in [0.2, 0.25) is 0 Å². The Balaban J connectivity index is 2.29. The van der Waals surface area contributed by atoms with Gasteiger partial charge in [-0.3, -0.25) is 0 Å². The van der Waals surface area contributed by atoms with Crippen molar-refractivity contribution in [1.82, 2.24) is 4.98 Å². The molecule has 0 aliphatic heterocycles. The molecule has 1 heterocycles. The van der Waals surface area contributed by atoms with E-state index >= 15 is 0 Å². The lowest BCUT2D eigenvalue weighted by molar-refractivity contribution is -0.141. The molecular weight excluding hydrogens is 291 g/mol. The predicted octanol–water partition coefficient (Wildman–Crippen LogP) is 4.69. The molecule has 0 amide bonds. The predicted molar refractivity (Wildman–Crippen MR) is 69.1 cm³/mol. The molecule has 0 spiro atoms. The van der Waals surface area contributed by atoms with Gasteiger partial charge in [-0.05, 0) is 12.8 Å². The van der Waals surface area contributed by atoms with Crippen molar-refractivity contribution in [2.24, 2.45) is 0 Å². The summed E-state index contributed by atoms with van der Waals surface area (Å²) in [6.07, 6.45) is 2.15. The molecule has 20 heavy (non-hydrogen) atoms. The van der Waals surface area contributed by atoms with E-state index in [4.69, 9.17) is 5.11 Å². The number of nitrogens with zero attached hydrogens (tertiary/aromatic N) is 1. The number of aromatic carboxylic acids is 1. The van der Waals surface area contributed by atoms with Gasteiger partial charge in [0.2, 0.25) is 0 Å². The molecule has 1 aromatic rings. The molecule has 7 heteroatoms. The topological polar surface area (TPSA) is 50.2 Å². The number of rotatable bonds is 2. The fourth-order valence-corrected chi connectivity index (χ4v) is 3.65. The van der Waals surface area contributed by atoms with E-state index in [1.165, 1.54) is 6.42 Å². The highest BCUT2D eigenvalue weighted by atomic mass is 32.1. The van der Waals surface area contributed by atoms with Crippen molar-refractivity contribution in [3.63, 3.8) is 0 Å². The number of hydrogen-bond donors (Lipinski definition) is 1. The summed E-state index contributed by atoms with van der Waals surface area (Å²) in [5.74, 6) is -1.58. The van der Waals surface area contributed by atoms with Crippen molar-refractivity contribution >= 4 is 17.3 Å². The van der Waals surface area contributed by atoms with Crippen LogP contribution in [0.1, 0.15) is 71.2 Å². The Morgan fingerprint density at radius 1 is 1.15 bits per heavy atom. The zero-order valence-corrected chi connectivity index (χ0v) is 11.7. The number of thiazole rings is 1. The lowest BCUT2D eigenvalue weighted by Gasteiger charge is -2.17. The maximum absolute atomic E-state index is 12.8. The van der Waals surface area contributed by atoms with Crippen molar-refractivity contribution < 1.29 is 23.1 Å². The highest BCUT2D eigenvalue weighted by Gasteiger charge is 2.40. The minimum absolute atomic E-state index is 0.0329. The summed E-state index contributed by atoms with van der Waals surface area (Å²) in [7, 11) is 0. The van der Waals surface area contributed by atoms with Crippen molar-refractivity contribution in [2.45, 2.75) is 57.0 Å². The van der Waals surface area contributed by atoms with Crippen LogP contribution < -0.4 is 0 Å². The van der Waals surface area contributed by atoms with Crippen molar-refractivity contribution in [3.8, 4) is 0 Å². The molecule has 3 nitrogen and oxygen atoms in total. The first-order valence-corrected chi connectivity index (χ1v) is 7.52. The Kier molecular flexibility index (Phi) is 4.67. The normalized spacial score (nSPS) is 18.6. The van der Waals surface area contributed by atoms with E-state index in [-0.39, 0.29) is 5.92 Å². The van der Waals surface area contributed by atoms with Crippen molar-refractivity contribution in [1.29, 1.82) is 0 Å². The minimum Gasteiger partial charge on any atom is -0.477 e. The van der Waals surface area contributed by atoms with E-state index in [0.717, 1.165) is 38.5 Å². The van der Waals surface area contributed by atoms with Crippen LogP contribution in [0.15, 0.2) is 0 Å². The minimum atomic E-state index is -4.70. The SMILES string of the molecule is O=C(O)c1sc(C2CCCCCCC2)nc1C(F)(F)F. The summed E-state index contributed by atoms with van der Waals surface area (Å²) in [6.45, 7) is 0. The Labute approximate surface area is 118 Å². The van der Waals surface area contributed by atoms with E-state index < -0.39 is 22.7 Å². The smallest absolute Gasteiger partial charge is 0.435 e. The number of carboxylic acids is 1. The third-order valence-corrected chi connectivity index (χ3v) is 4.77. The Bertz CT molecular complexity index is 476. The van der Waals surface area contributed by atoms with E-state index in [2.05, 4.69) is 4.98 Å². The third kappa shape index (κ3) is 3.50. The standard InChI is InChI=1S/C13H16F3NO2S/c14-13(15,16)10-9(12(18)19)20-11(17-10)8-6-4-2-1-3-5-7-8/h8H,1-7H2,(H,18,19). The molecule has 1 aliphatic rings. The van der Waals surface area contributed by atoms with E-state index in [0.29, 0.717) is 16.3 Å². The molecular formula is C13H16F3NO2S. The second-order valence-corrected chi connectivity index (χ2v) is 6.11. The van der Waals surface area contributed by atoms with Crippen LogP contribution in [0.25, 0.3) is 0 Å². The molecule has 1 aromatic heterocycles. The van der Waals surface area contributed by atoms with Crippen LogP contribution in [-0.4, -0.2) is 16.1 Å². The van der Waals surface area contributed by atoms with Crippen LogP contribution >= 0.6 is 11.3 Å². The summed E-state index contributed by atoms with van der Waals surface area (Å²) in [5.41, 5.74) is -1.24. The summed E-state index contributed by atoms with van der Waals surface area (Å²) < 4.78 is 38.4. The fraction of sp³-hybridized carbons (Fsp3) is 0.692. The molecule has 0 unspecified atom stereocenters. The van der Waals surface area contributed by atoms with E-state index in [9.17, 15) is 18.0 Å². The Morgan fingerprint density at radius 2 is 1.70 bits per heavy atom. The number of carboxylic acid groups (broad SMARTS) is 1. The van der Waals surface area contributed by atoms with Gasteiger partial charge in [0, 0.05) is 5.92 Å². The quantitative estimate of drug-likeness (QED) is 0.862. The molecule has 1 N–H and O–H groups in total. The first-order valence-electron chi connectivity index (χ1n) is 6.71. The molecule has 1 saturated carbocycles. The van der Waals surface area contributed by atoms with Gasteiger partial charge in [0.15, 0.2) is 5.69 Å². The zero-order valence-electron chi connectivity index (χ0n) is 10.9. The maximum Gasteiger partial charge on any atom is 0.435 e. The van der Waals surface area contributed by atoms with Gasteiger partial charge in [0.05, 0.1) is 5.01 Å². The van der Waals surface area contributed by atoms with Gasteiger partial charge in [-0.2, -0.15) is 13.2 Å². The molecule has 1 aliphatic carbocycles. The lowest BCUT2D eigenvalue weighted by Crippen LogP contribution is -2.11. The fourth-order valence-electron chi connectivity index (χ4n) is 2.55. The van der Waals surface area contributed by atoms with Crippen LogP contribution in [0, 0.1) is 0 Å². The zero-order chi connectivity index (χ0) is 14.8. The summed E-state index contributed by atoms with van der Waals surface area (Å²) in [4.78, 5) is 13.9. The van der Waals surface area contributed by atoms with Crippen LogP contribution in [0.5, 0.6) is 0 Å². The van der Waals surface area contributed by atoms with E-state index in [1.807, 2.05) is 0 Å². The second-order valence-electron chi connectivity index (χ2n) is 5.07. The summed E-state index contributed by atoms with van der Waals surface area (Å²) >= 11 is 0.686. The molecule has 1 fully saturated rings.